The first kappa shape index (κ1) is 27.3. The van der Waals surface area contributed by atoms with Crippen molar-refractivity contribution < 1.29 is 27.7 Å². The maximum atomic E-state index is 14.6. The highest BCUT2D eigenvalue weighted by atomic mass is 19.1. The maximum Gasteiger partial charge on any atom is 0.287 e. The topological polar surface area (TPSA) is 114 Å². The molecule has 0 bridgehead atoms. The van der Waals surface area contributed by atoms with Crippen LogP contribution in [0.2, 0.25) is 0 Å². The van der Waals surface area contributed by atoms with Gasteiger partial charge in [-0.25, -0.2) is 4.39 Å². The van der Waals surface area contributed by atoms with E-state index in [1.54, 1.807) is 36.1 Å². The van der Waals surface area contributed by atoms with E-state index in [2.05, 4.69) is 20.4 Å². The Morgan fingerprint density at radius 1 is 1.21 bits per heavy atom. The molecule has 1 fully saturated rings. The van der Waals surface area contributed by atoms with Crippen LogP contribution in [0, 0.1) is 5.82 Å². The number of furan rings is 1. The fraction of sp³-hybridized carbons (Fsp3) is 0.481. The van der Waals surface area contributed by atoms with Gasteiger partial charge >= 0.3 is 0 Å². The van der Waals surface area contributed by atoms with Gasteiger partial charge in [-0.3, -0.25) is 9.59 Å². The number of aryl methyl sites for hydroxylation is 1. The number of aromatic nitrogens is 2. The molecule has 1 aromatic carbocycles. The summed E-state index contributed by atoms with van der Waals surface area (Å²) in [6, 6.07) is 7.19. The van der Waals surface area contributed by atoms with E-state index in [9.17, 15) is 14.0 Å². The molecule has 2 amide bonds. The van der Waals surface area contributed by atoms with Crippen LogP contribution in [0.5, 0.6) is 5.75 Å². The van der Waals surface area contributed by atoms with Crippen molar-refractivity contribution in [3.05, 3.63) is 54.1 Å². The number of rotatable bonds is 11. The van der Waals surface area contributed by atoms with Gasteiger partial charge in [0.1, 0.15) is 17.6 Å². The van der Waals surface area contributed by atoms with Gasteiger partial charge in [0.05, 0.1) is 18.4 Å². The highest BCUT2D eigenvalue weighted by Crippen LogP contribution is 2.24. The van der Waals surface area contributed by atoms with Crippen LogP contribution in [0.1, 0.15) is 49.6 Å². The Balaban J connectivity index is 1.18. The van der Waals surface area contributed by atoms with E-state index < -0.39 is 17.8 Å². The predicted octanol–water partition coefficient (Wildman–Crippen LogP) is 3.54. The fourth-order valence-corrected chi connectivity index (χ4v) is 4.35. The first-order valence-electron chi connectivity index (χ1n) is 13.1. The maximum absolute atomic E-state index is 14.6. The van der Waals surface area contributed by atoms with Crippen LogP contribution in [0.4, 0.5) is 4.39 Å². The van der Waals surface area contributed by atoms with Crippen molar-refractivity contribution in [3.63, 3.8) is 0 Å². The minimum atomic E-state index is -0.641. The number of halogens is 1. The summed E-state index contributed by atoms with van der Waals surface area (Å²) < 4.78 is 30.6. The Bertz CT molecular complexity index is 1200. The average molecular weight is 528 g/mol. The number of ether oxygens (including phenoxy) is 1. The molecule has 11 heteroatoms. The quantitative estimate of drug-likeness (QED) is 0.377. The van der Waals surface area contributed by atoms with Crippen molar-refractivity contribution >= 4 is 11.8 Å². The number of amides is 2. The summed E-state index contributed by atoms with van der Waals surface area (Å²) in [6.07, 6.45) is 4.55. The van der Waals surface area contributed by atoms with Gasteiger partial charge in [0.2, 0.25) is 17.6 Å². The Kier molecular flexibility index (Phi) is 9.47. The van der Waals surface area contributed by atoms with Gasteiger partial charge in [-0.15, -0.1) is 0 Å². The van der Waals surface area contributed by atoms with E-state index in [4.69, 9.17) is 13.7 Å². The smallest absolute Gasteiger partial charge is 0.287 e. The van der Waals surface area contributed by atoms with Gasteiger partial charge in [-0.1, -0.05) is 12.1 Å². The highest BCUT2D eigenvalue weighted by molar-refractivity contribution is 5.95. The van der Waals surface area contributed by atoms with E-state index in [0.717, 1.165) is 38.9 Å². The van der Waals surface area contributed by atoms with Crippen LogP contribution in [-0.2, 0) is 11.2 Å². The number of nitrogens with one attached hydrogen (secondary N) is 1. The van der Waals surface area contributed by atoms with E-state index in [-0.39, 0.29) is 23.1 Å². The first-order valence-corrected chi connectivity index (χ1v) is 13.1. The van der Waals surface area contributed by atoms with Crippen LogP contribution < -0.4 is 10.1 Å². The van der Waals surface area contributed by atoms with Crippen molar-refractivity contribution in [3.8, 4) is 17.1 Å². The molecule has 10 nitrogen and oxygen atoms in total. The predicted molar refractivity (Wildman–Crippen MR) is 137 cm³/mol. The molecule has 3 aromatic rings. The second-order valence-corrected chi connectivity index (χ2v) is 9.30. The Labute approximate surface area is 221 Å². The molecule has 1 unspecified atom stereocenters. The normalized spacial score (nSPS) is 15.2. The number of carbonyl (C=O) groups excluding carboxylic acids is 2. The zero-order valence-corrected chi connectivity index (χ0v) is 21.8. The number of hydrogen-bond acceptors (Lipinski definition) is 8. The van der Waals surface area contributed by atoms with E-state index in [1.165, 1.54) is 12.3 Å². The van der Waals surface area contributed by atoms with Crippen LogP contribution in [0.15, 0.2) is 45.5 Å². The lowest BCUT2D eigenvalue weighted by molar-refractivity contribution is -0.132. The molecule has 3 heterocycles. The number of hydrogen-bond donors (Lipinski definition) is 1. The Morgan fingerprint density at radius 2 is 2.08 bits per heavy atom. The van der Waals surface area contributed by atoms with Crippen LogP contribution >= 0.6 is 0 Å². The van der Waals surface area contributed by atoms with E-state index in [1.807, 2.05) is 6.92 Å². The molecule has 0 radical (unpaired) electrons. The summed E-state index contributed by atoms with van der Waals surface area (Å²) in [4.78, 5) is 33.3. The van der Waals surface area contributed by atoms with Gasteiger partial charge in [0.15, 0.2) is 5.76 Å². The molecular weight excluding hydrogens is 493 g/mol. The van der Waals surface area contributed by atoms with Crippen molar-refractivity contribution in [1.82, 2.24) is 25.3 Å². The molecule has 0 saturated carbocycles. The number of carbonyl (C=O) groups is 2. The molecule has 4 rings (SSSR count). The highest BCUT2D eigenvalue weighted by Gasteiger charge is 2.25. The lowest BCUT2D eigenvalue weighted by Gasteiger charge is -2.25. The third-order valence-corrected chi connectivity index (χ3v) is 6.36. The van der Waals surface area contributed by atoms with Gasteiger partial charge in [0, 0.05) is 38.7 Å². The molecule has 1 atom stereocenters. The van der Waals surface area contributed by atoms with E-state index >= 15 is 0 Å². The number of benzene rings is 1. The fourth-order valence-electron chi connectivity index (χ4n) is 4.35. The molecule has 2 aromatic heterocycles. The summed E-state index contributed by atoms with van der Waals surface area (Å²) in [5.74, 6) is 0.385. The molecule has 0 spiro atoms. The minimum absolute atomic E-state index is 0.108. The SMILES string of the molecule is CCCc1nc(-c2ccc(OCCCN3CCCN(C(=O)C(C)NC(=O)c4ccco4)CC3)cc2F)no1. The van der Waals surface area contributed by atoms with Gasteiger partial charge < -0.3 is 28.8 Å². The van der Waals surface area contributed by atoms with Crippen molar-refractivity contribution in [1.29, 1.82) is 0 Å². The monoisotopic (exact) mass is 527 g/mol. The molecular formula is C27H34FN5O5. The van der Waals surface area contributed by atoms with E-state index in [0.29, 0.717) is 37.8 Å². The van der Waals surface area contributed by atoms with Crippen molar-refractivity contribution in [2.45, 2.75) is 45.6 Å². The molecule has 1 saturated heterocycles. The molecule has 1 N–H and O–H groups in total. The number of nitrogens with zero attached hydrogens (tertiary/aromatic N) is 4. The molecule has 1 aliphatic heterocycles. The van der Waals surface area contributed by atoms with Crippen LogP contribution in [0.25, 0.3) is 11.4 Å². The van der Waals surface area contributed by atoms with Gasteiger partial charge in [-0.05, 0) is 57.0 Å². The zero-order chi connectivity index (χ0) is 26.9. The molecule has 1 aliphatic rings. The zero-order valence-electron chi connectivity index (χ0n) is 21.8. The molecule has 0 aliphatic carbocycles. The summed E-state index contributed by atoms with van der Waals surface area (Å²) in [5.41, 5.74) is 0.280. The summed E-state index contributed by atoms with van der Waals surface area (Å²) in [7, 11) is 0. The summed E-state index contributed by atoms with van der Waals surface area (Å²) in [5, 5.41) is 6.56. The van der Waals surface area contributed by atoms with Crippen molar-refractivity contribution in [2.24, 2.45) is 0 Å². The van der Waals surface area contributed by atoms with Gasteiger partial charge in [0.25, 0.3) is 5.91 Å². The Morgan fingerprint density at radius 3 is 2.84 bits per heavy atom. The first-order chi connectivity index (χ1) is 18.4. The molecule has 38 heavy (non-hydrogen) atoms. The van der Waals surface area contributed by atoms with Crippen LogP contribution in [-0.4, -0.2) is 77.1 Å². The summed E-state index contributed by atoms with van der Waals surface area (Å²) in [6.45, 7) is 7.76. The van der Waals surface area contributed by atoms with Crippen molar-refractivity contribution in [2.75, 3.05) is 39.3 Å². The Hall–Kier alpha value is -3.73. The lowest BCUT2D eigenvalue weighted by Crippen LogP contribution is -2.48. The lowest BCUT2D eigenvalue weighted by atomic mass is 10.2. The van der Waals surface area contributed by atoms with Gasteiger partial charge in [-0.2, -0.15) is 4.98 Å². The third-order valence-electron chi connectivity index (χ3n) is 6.36. The second-order valence-electron chi connectivity index (χ2n) is 9.30. The average Bonchev–Trinajstić information content (AvgIpc) is 3.55. The van der Waals surface area contributed by atoms with Crippen LogP contribution in [0.3, 0.4) is 0 Å². The molecule has 204 valence electrons. The second kappa shape index (κ2) is 13.2. The third kappa shape index (κ3) is 7.18. The largest absolute Gasteiger partial charge is 0.493 e. The summed E-state index contributed by atoms with van der Waals surface area (Å²) >= 11 is 0. The standard InChI is InChI=1S/C27H34FN5O5/c1-3-7-24-30-25(31-38-24)21-10-9-20(18-22(21)28)36-17-6-12-32-11-5-13-33(15-14-32)27(35)19(2)29-26(34)23-8-4-16-37-23/h4,8-10,16,18-19H,3,5-7,11-15,17H2,1-2H3,(H,29,34). The minimum Gasteiger partial charge on any atom is -0.493 e.